The second kappa shape index (κ2) is 6.43. The second-order valence-corrected chi connectivity index (χ2v) is 5.28. The molecule has 0 unspecified atom stereocenters. The summed E-state index contributed by atoms with van der Waals surface area (Å²) < 4.78 is 1.05. The maximum Gasteiger partial charge on any atom is 0.251 e. The molecule has 0 aliphatic carbocycles. The molecule has 0 aliphatic rings. The lowest BCUT2D eigenvalue weighted by atomic mass is 10.1. The van der Waals surface area contributed by atoms with Gasteiger partial charge >= 0.3 is 0 Å². The number of hydrogen-bond donors (Lipinski definition) is 3. The summed E-state index contributed by atoms with van der Waals surface area (Å²) in [6, 6.07) is 13.3. The van der Waals surface area contributed by atoms with Gasteiger partial charge < -0.3 is 16.4 Å². The standard InChI is InChI=1S/C15H16BrN3O/c1-18-15(20)11-4-7-14(13(17)8-11)19-9-10-2-5-12(16)6-3-10/h2-8,19H,9,17H2,1H3,(H,18,20). The number of nitrogens with two attached hydrogens (primary N) is 1. The molecule has 2 aromatic rings. The predicted molar refractivity (Wildman–Crippen MR) is 85.7 cm³/mol. The van der Waals surface area contributed by atoms with Crippen molar-refractivity contribution in [2.45, 2.75) is 6.54 Å². The Balaban J connectivity index is 2.06. The molecule has 2 aromatic carbocycles. The molecule has 0 radical (unpaired) electrons. The van der Waals surface area contributed by atoms with Gasteiger partial charge in [-0.25, -0.2) is 0 Å². The Bertz CT molecular complexity index is 611. The first-order chi connectivity index (χ1) is 9.60. The molecule has 0 atom stereocenters. The van der Waals surface area contributed by atoms with E-state index in [0.29, 0.717) is 17.8 Å². The minimum Gasteiger partial charge on any atom is -0.397 e. The highest BCUT2D eigenvalue weighted by molar-refractivity contribution is 9.10. The summed E-state index contributed by atoms with van der Waals surface area (Å²) in [6.07, 6.45) is 0. The molecule has 0 aromatic heterocycles. The smallest absolute Gasteiger partial charge is 0.251 e. The van der Waals surface area contributed by atoms with Gasteiger partial charge in [0.15, 0.2) is 0 Å². The van der Waals surface area contributed by atoms with Crippen LogP contribution in [0, 0.1) is 0 Å². The van der Waals surface area contributed by atoms with Crippen LogP contribution in [0.5, 0.6) is 0 Å². The zero-order valence-electron chi connectivity index (χ0n) is 11.1. The number of anilines is 2. The minimum atomic E-state index is -0.142. The Hall–Kier alpha value is -2.01. The molecular formula is C15H16BrN3O. The van der Waals surface area contributed by atoms with Crippen molar-refractivity contribution in [1.82, 2.24) is 5.32 Å². The fourth-order valence-electron chi connectivity index (χ4n) is 1.81. The van der Waals surface area contributed by atoms with E-state index < -0.39 is 0 Å². The second-order valence-electron chi connectivity index (χ2n) is 4.36. The average Bonchev–Trinajstić information content (AvgIpc) is 2.46. The third kappa shape index (κ3) is 3.51. The van der Waals surface area contributed by atoms with Crippen LogP contribution in [0.25, 0.3) is 0 Å². The molecule has 0 spiro atoms. The number of rotatable bonds is 4. The third-order valence-corrected chi connectivity index (χ3v) is 3.47. The van der Waals surface area contributed by atoms with Gasteiger partial charge in [0.05, 0.1) is 11.4 Å². The molecule has 0 saturated heterocycles. The van der Waals surface area contributed by atoms with E-state index in [1.54, 1.807) is 19.2 Å². The van der Waals surface area contributed by atoms with Crippen molar-refractivity contribution < 1.29 is 4.79 Å². The number of halogens is 1. The molecule has 0 heterocycles. The highest BCUT2D eigenvalue weighted by Gasteiger charge is 2.06. The van der Waals surface area contributed by atoms with E-state index >= 15 is 0 Å². The van der Waals surface area contributed by atoms with Crippen LogP contribution in [0.2, 0.25) is 0 Å². The van der Waals surface area contributed by atoms with Crippen LogP contribution in [0.1, 0.15) is 15.9 Å². The van der Waals surface area contributed by atoms with E-state index in [2.05, 4.69) is 26.6 Å². The molecule has 0 bridgehead atoms. The lowest BCUT2D eigenvalue weighted by molar-refractivity contribution is 0.0963. The molecule has 0 fully saturated rings. The molecule has 2 rings (SSSR count). The molecule has 104 valence electrons. The summed E-state index contributed by atoms with van der Waals surface area (Å²) >= 11 is 3.40. The van der Waals surface area contributed by atoms with Crippen molar-refractivity contribution in [3.63, 3.8) is 0 Å². The number of carbonyl (C=O) groups is 1. The van der Waals surface area contributed by atoms with E-state index in [-0.39, 0.29) is 5.91 Å². The largest absolute Gasteiger partial charge is 0.397 e. The van der Waals surface area contributed by atoms with Gasteiger partial charge in [0.1, 0.15) is 0 Å². The summed E-state index contributed by atoms with van der Waals surface area (Å²) in [6.45, 7) is 0.677. The van der Waals surface area contributed by atoms with E-state index in [1.807, 2.05) is 30.3 Å². The van der Waals surface area contributed by atoms with E-state index in [1.165, 1.54) is 0 Å². The maximum atomic E-state index is 11.5. The van der Waals surface area contributed by atoms with Gasteiger partial charge in [0.2, 0.25) is 0 Å². The zero-order chi connectivity index (χ0) is 14.5. The first-order valence-corrected chi connectivity index (χ1v) is 6.99. The number of amides is 1. The van der Waals surface area contributed by atoms with E-state index in [9.17, 15) is 4.79 Å². The van der Waals surface area contributed by atoms with Crippen LogP contribution in [0.3, 0.4) is 0 Å². The molecule has 0 aliphatic heterocycles. The van der Waals surface area contributed by atoms with Crippen molar-refractivity contribution in [2.24, 2.45) is 0 Å². The van der Waals surface area contributed by atoms with Crippen molar-refractivity contribution in [2.75, 3.05) is 18.1 Å². The topological polar surface area (TPSA) is 67.2 Å². The number of nitrogen functional groups attached to an aromatic ring is 1. The summed E-state index contributed by atoms with van der Waals surface area (Å²) in [7, 11) is 1.60. The summed E-state index contributed by atoms with van der Waals surface area (Å²) in [5, 5.41) is 5.83. The first kappa shape index (κ1) is 14.4. The Morgan fingerprint density at radius 2 is 1.90 bits per heavy atom. The Morgan fingerprint density at radius 3 is 2.50 bits per heavy atom. The highest BCUT2D eigenvalue weighted by atomic mass is 79.9. The fourth-order valence-corrected chi connectivity index (χ4v) is 2.07. The SMILES string of the molecule is CNC(=O)c1ccc(NCc2ccc(Br)cc2)c(N)c1. The van der Waals surface area contributed by atoms with Crippen molar-refractivity contribution in [3.05, 3.63) is 58.1 Å². The summed E-state index contributed by atoms with van der Waals surface area (Å²) in [5.41, 5.74) is 9.04. The number of benzene rings is 2. The van der Waals surface area contributed by atoms with Crippen LogP contribution in [-0.4, -0.2) is 13.0 Å². The normalized spacial score (nSPS) is 10.1. The lowest BCUT2D eigenvalue weighted by Crippen LogP contribution is -2.18. The van der Waals surface area contributed by atoms with Crippen LogP contribution in [-0.2, 0) is 6.54 Å². The van der Waals surface area contributed by atoms with E-state index in [0.717, 1.165) is 15.7 Å². The van der Waals surface area contributed by atoms with Gasteiger partial charge in [-0.2, -0.15) is 0 Å². The molecule has 1 amide bonds. The quantitative estimate of drug-likeness (QED) is 0.753. The van der Waals surface area contributed by atoms with Crippen LogP contribution < -0.4 is 16.4 Å². The van der Waals surface area contributed by atoms with Gasteiger partial charge in [0, 0.05) is 23.6 Å². The predicted octanol–water partition coefficient (Wildman–Crippen LogP) is 3.00. The van der Waals surface area contributed by atoms with Crippen LogP contribution in [0.4, 0.5) is 11.4 Å². The van der Waals surface area contributed by atoms with Gasteiger partial charge in [-0.15, -0.1) is 0 Å². The average molecular weight is 334 g/mol. The van der Waals surface area contributed by atoms with Crippen molar-refractivity contribution in [1.29, 1.82) is 0 Å². The highest BCUT2D eigenvalue weighted by Crippen LogP contribution is 2.21. The van der Waals surface area contributed by atoms with Gasteiger partial charge in [-0.1, -0.05) is 28.1 Å². The van der Waals surface area contributed by atoms with Crippen molar-refractivity contribution in [3.8, 4) is 0 Å². The number of hydrogen-bond acceptors (Lipinski definition) is 3. The third-order valence-electron chi connectivity index (χ3n) is 2.94. The Labute approximate surface area is 126 Å². The maximum absolute atomic E-state index is 11.5. The van der Waals surface area contributed by atoms with Gasteiger partial charge in [0.25, 0.3) is 5.91 Å². The minimum absolute atomic E-state index is 0.142. The number of nitrogens with one attached hydrogen (secondary N) is 2. The molecule has 20 heavy (non-hydrogen) atoms. The molecular weight excluding hydrogens is 318 g/mol. The monoisotopic (exact) mass is 333 g/mol. The Kier molecular flexibility index (Phi) is 4.63. The van der Waals surface area contributed by atoms with Gasteiger partial charge in [-0.3, -0.25) is 4.79 Å². The zero-order valence-corrected chi connectivity index (χ0v) is 12.7. The number of carbonyl (C=O) groups excluding carboxylic acids is 1. The van der Waals surface area contributed by atoms with Crippen molar-refractivity contribution >= 4 is 33.2 Å². The first-order valence-electron chi connectivity index (χ1n) is 6.20. The lowest BCUT2D eigenvalue weighted by Gasteiger charge is -2.11. The molecule has 5 heteroatoms. The summed E-state index contributed by atoms with van der Waals surface area (Å²) in [5.74, 6) is -0.142. The molecule has 4 nitrogen and oxygen atoms in total. The molecule has 4 N–H and O–H groups in total. The van der Waals surface area contributed by atoms with Crippen LogP contribution >= 0.6 is 15.9 Å². The fraction of sp³-hybridized carbons (Fsp3) is 0.133. The van der Waals surface area contributed by atoms with Gasteiger partial charge in [-0.05, 0) is 35.9 Å². The van der Waals surface area contributed by atoms with E-state index in [4.69, 9.17) is 5.73 Å². The van der Waals surface area contributed by atoms with Crippen LogP contribution in [0.15, 0.2) is 46.9 Å². The summed E-state index contributed by atoms with van der Waals surface area (Å²) in [4.78, 5) is 11.5. The molecule has 0 saturated carbocycles. The Morgan fingerprint density at radius 1 is 1.20 bits per heavy atom.